The van der Waals surface area contributed by atoms with Crippen molar-refractivity contribution in [2.24, 2.45) is 0 Å². The van der Waals surface area contributed by atoms with Crippen LogP contribution in [0.1, 0.15) is 19.8 Å². The fourth-order valence-corrected chi connectivity index (χ4v) is 3.77. The number of sulfone groups is 1. The number of aromatic nitrogens is 4. The van der Waals surface area contributed by atoms with Crippen molar-refractivity contribution >= 4 is 21.6 Å². The molecule has 0 unspecified atom stereocenters. The maximum Gasteiger partial charge on any atom is 0.191 e. The van der Waals surface area contributed by atoms with Gasteiger partial charge in [-0.05, 0) is 25.0 Å². The molecule has 0 aliphatic carbocycles. The lowest BCUT2D eigenvalue weighted by molar-refractivity contribution is 0.600. The van der Waals surface area contributed by atoms with Gasteiger partial charge in [-0.3, -0.25) is 4.98 Å². The van der Waals surface area contributed by atoms with Crippen LogP contribution in [0.5, 0.6) is 0 Å². The first kappa shape index (κ1) is 17.0. The highest BCUT2D eigenvalue weighted by atomic mass is 32.2. The first-order valence-electron chi connectivity index (χ1n) is 7.15. The van der Waals surface area contributed by atoms with Gasteiger partial charge in [0.05, 0.1) is 5.75 Å². The largest absolute Gasteiger partial charge is 0.302 e. The molecule has 2 aromatic rings. The Kier molecular flexibility index (Phi) is 5.96. The highest BCUT2D eigenvalue weighted by Crippen LogP contribution is 2.24. The zero-order valence-electron chi connectivity index (χ0n) is 12.8. The summed E-state index contributed by atoms with van der Waals surface area (Å²) in [6.45, 7) is 2.94. The molecule has 120 valence electrons. The van der Waals surface area contributed by atoms with E-state index in [0.717, 1.165) is 29.5 Å². The molecule has 2 heterocycles. The van der Waals surface area contributed by atoms with Crippen LogP contribution in [0.2, 0.25) is 0 Å². The van der Waals surface area contributed by atoms with E-state index in [0.29, 0.717) is 12.2 Å². The van der Waals surface area contributed by atoms with Crippen molar-refractivity contribution < 1.29 is 8.42 Å². The molecule has 0 aromatic carbocycles. The number of hydrogen-bond donors (Lipinski definition) is 0. The average molecular weight is 340 g/mol. The molecular weight excluding hydrogens is 320 g/mol. The summed E-state index contributed by atoms with van der Waals surface area (Å²) in [6.07, 6.45) is 6.33. The van der Waals surface area contributed by atoms with Crippen molar-refractivity contribution in [2.45, 2.75) is 31.5 Å². The van der Waals surface area contributed by atoms with Crippen molar-refractivity contribution in [1.29, 1.82) is 0 Å². The predicted molar refractivity (Wildman–Crippen MR) is 88.6 cm³/mol. The topological polar surface area (TPSA) is 77.7 Å². The minimum Gasteiger partial charge on any atom is -0.302 e. The normalized spacial score (nSPS) is 11.7. The molecule has 0 saturated heterocycles. The monoisotopic (exact) mass is 340 g/mol. The van der Waals surface area contributed by atoms with Gasteiger partial charge in [-0.25, -0.2) is 8.42 Å². The molecule has 0 aliphatic rings. The number of hydrogen-bond acceptors (Lipinski definition) is 6. The Hall–Kier alpha value is -1.41. The fraction of sp³-hybridized carbons (Fsp3) is 0.500. The average Bonchev–Trinajstić information content (AvgIpc) is 2.87. The Morgan fingerprint density at radius 3 is 2.59 bits per heavy atom. The van der Waals surface area contributed by atoms with Gasteiger partial charge in [0.2, 0.25) is 0 Å². The zero-order chi connectivity index (χ0) is 16.0. The third-order valence-electron chi connectivity index (χ3n) is 2.99. The maximum absolute atomic E-state index is 11.2. The van der Waals surface area contributed by atoms with E-state index in [2.05, 4.69) is 26.7 Å². The Balaban J connectivity index is 2.10. The van der Waals surface area contributed by atoms with E-state index in [1.165, 1.54) is 6.26 Å². The summed E-state index contributed by atoms with van der Waals surface area (Å²) in [5.41, 5.74) is 0.985. The van der Waals surface area contributed by atoms with Gasteiger partial charge in [0.1, 0.15) is 9.84 Å². The quantitative estimate of drug-likeness (QED) is 0.542. The predicted octanol–water partition coefficient (Wildman–Crippen LogP) is 2.28. The van der Waals surface area contributed by atoms with Crippen molar-refractivity contribution in [3.8, 4) is 11.4 Å². The SMILES string of the molecule is CCCn1c(SCCCS(C)(=O)=O)nnc1-c1ccncc1. The maximum atomic E-state index is 11.2. The van der Waals surface area contributed by atoms with Gasteiger partial charge in [0.15, 0.2) is 11.0 Å². The first-order valence-corrected chi connectivity index (χ1v) is 10.2. The van der Waals surface area contributed by atoms with E-state index >= 15 is 0 Å². The summed E-state index contributed by atoms with van der Waals surface area (Å²) in [4.78, 5) is 4.02. The summed E-state index contributed by atoms with van der Waals surface area (Å²) in [6, 6.07) is 3.82. The van der Waals surface area contributed by atoms with Crippen LogP contribution in [-0.4, -0.2) is 45.9 Å². The minimum absolute atomic E-state index is 0.207. The summed E-state index contributed by atoms with van der Waals surface area (Å²) >= 11 is 1.55. The van der Waals surface area contributed by atoms with Crippen LogP contribution in [-0.2, 0) is 16.4 Å². The van der Waals surface area contributed by atoms with Crippen LogP contribution in [0.3, 0.4) is 0 Å². The summed E-state index contributed by atoms with van der Waals surface area (Å²) in [7, 11) is -2.90. The molecule has 2 rings (SSSR count). The number of nitrogens with zero attached hydrogens (tertiary/aromatic N) is 4. The molecule has 0 N–H and O–H groups in total. The first-order chi connectivity index (χ1) is 10.5. The van der Waals surface area contributed by atoms with E-state index in [4.69, 9.17) is 0 Å². The second-order valence-electron chi connectivity index (χ2n) is 5.03. The van der Waals surface area contributed by atoms with Crippen molar-refractivity contribution in [1.82, 2.24) is 19.7 Å². The highest BCUT2D eigenvalue weighted by molar-refractivity contribution is 7.99. The molecule has 0 amide bonds. The van der Waals surface area contributed by atoms with Crippen LogP contribution in [0, 0.1) is 0 Å². The van der Waals surface area contributed by atoms with Gasteiger partial charge in [-0.15, -0.1) is 10.2 Å². The van der Waals surface area contributed by atoms with E-state index in [9.17, 15) is 8.42 Å². The minimum atomic E-state index is -2.90. The lowest BCUT2D eigenvalue weighted by Crippen LogP contribution is -2.05. The molecule has 0 radical (unpaired) electrons. The lowest BCUT2D eigenvalue weighted by Gasteiger charge is -2.08. The zero-order valence-corrected chi connectivity index (χ0v) is 14.4. The molecule has 0 spiro atoms. The van der Waals surface area contributed by atoms with Crippen molar-refractivity contribution in [3.63, 3.8) is 0 Å². The van der Waals surface area contributed by atoms with Crippen LogP contribution in [0.15, 0.2) is 29.7 Å². The number of thioether (sulfide) groups is 1. The van der Waals surface area contributed by atoms with Crippen LogP contribution in [0.25, 0.3) is 11.4 Å². The second kappa shape index (κ2) is 7.73. The molecule has 6 nitrogen and oxygen atoms in total. The van der Waals surface area contributed by atoms with E-state index in [1.54, 1.807) is 24.2 Å². The van der Waals surface area contributed by atoms with Crippen LogP contribution < -0.4 is 0 Å². The molecule has 8 heteroatoms. The molecular formula is C14H20N4O2S2. The van der Waals surface area contributed by atoms with Gasteiger partial charge < -0.3 is 4.57 Å². The lowest BCUT2D eigenvalue weighted by atomic mass is 10.2. The van der Waals surface area contributed by atoms with Gasteiger partial charge in [-0.2, -0.15) is 0 Å². The van der Waals surface area contributed by atoms with E-state index < -0.39 is 9.84 Å². The molecule has 2 aromatic heterocycles. The van der Waals surface area contributed by atoms with E-state index in [-0.39, 0.29) is 5.75 Å². The van der Waals surface area contributed by atoms with Gasteiger partial charge in [-0.1, -0.05) is 18.7 Å². The highest BCUT2D eigenvalue weighted by Gasteiger charge is 2.13. The number of rotatable bonds is 8. The summed E-state index contributed by atoms with van der Waals surface area (Å²) in [5, 5.41) is 9.37. The van der Waals surface area contributed by atoms with Gasteiger partial charge in [0.25, 0.3) is 0 Å². The summed E-state index contributed by atoms with van der Waals surface area (Å²) < 4.78 is 24.4. The number of pyridine rings is 1. The second-order valence-corrected chi connectivity index (χ2v) is 8.35. The molecule has 0 fully saturated rings. The Morgan fingerprint density at radius 2 is 1.95 bits per heavy atom. The van der Waals surface area contributed by atoms with Gasteiger partial charge >= 0.3 is 0 Å². The standard InChI is InChI=1S/C14H20N4O2S2/c1-3-9-18-13(12-5-7-15-8-6-12)16-17-14(18)21-10-4-11-22(2,19)20/h5-8H,3-4,9-11H2,1-2H3. The third-order valence-corrected chi connectivity index (χ3v) is 5.08. The molecule has 22 heavy (non-hydrogen) atoms. The molecule has 0 atom stereocenters. The van der Waals surface area contributed by atoms with E-state index in [1.807, 2.05) is 12.1 Å². The van der Waals surface area contributed by atoms with Crippen LogP contribution >= 0.6 is 11.8 Å². The molecule has 0 saturated carbocycles. The third kappa shape index (κ3) is 4.81. The Labute approximate surface area is 135 Å². The fourth-order valence-electron chi connectivity index (χ4n) is 2.02. The molecule has 0 aliphatic heterocycles. The summed E-state index contributed by atoms with van der Waals surface area (Å²) in [5.74, 6) is 1.75. The Morgan fingerprint density at radius 1 is 1.23 bits per heavy atom. The van der Waals surface area contributed by atoms with Crippen LogP contribution in [0.4, 0.5) is 0 Å². The smallest absolute Gasteiger partial charge is 0.191 e. The Bertz CT molecular complexity index is 699. The van der Waals surface area contributed by atoms with Crippen molar-refractivity contribution in [3.05, 3.63) is 24.5 Å². The molecule has 0 bridgehead atoms. The van der Waals surface area contributed by atoms with Crippen molar-refractivity contribution in [2.75, 3.05) is 17.8 Å². The van der Waals surface area contributed by atoms with Gasteiger partial charge in [0, 0.05) is 36.5 Å².